The summed E-state index contributed by atoms with van der Waals surface area (Å²) in [6, 6.07) is 7.68. The van der Waals surface area contributed by atoms with E-state index in [9.17, 15) is 0 Å². The van der Waals surface area contributed by atoms with Crippen molar-refractivity contribution in [2.75, 3.05) is 0 Å². The predicted octanol–water partition coefficient (Wildman–Crippen LogP) is 1.35. The number of para-hydroxylation sites is 1. The van der Waals surface area contributed by atoms with Crippen LogP contribution in [0.25, 0.3) is 11.0 Å². The third-order valence-corrected chi connectivity index (χ3v) is 1.87. The van der Waals surface area contributed by atoms with Crippen molar-refractivity contribution in [1.82, 2.24) is 0 Å². The summed E-state index contributed by atoms with van der Waals surface area (Å²) in [4.78, 5) is 0. The summed E-state index contributed by atoms with van der Waals surface area (Å²) in [6.45, 7) is 0. The summed E-state index contributed by atoms with van der Waals surface area (Å²) < 4.78 is 5.25. The number of hydrogen-bond donors (Lipinski definition) is 2. The molecule has 2 rings (SSSR count). The van der Waals surface area contributed by atoms with Crippen LogP contribution in [0.15, 0.2) is 34.9 Å². The molecule has 0 radical (unpaired) electrons. The molecule has 0 spiro atoms. The van der Waals surface area contributed by atoms with Gasteiger partial charge in [-0.2, -0.15) is 0 Å². The second kappa shape index (κ2) is 2.62. The standard InChI is InChI=1S/C9H10N2O/c10-9(11)7-5-12-8-4-2-1-3-6(7)8/h1-5,9H,10-11H2. The van der Waals surface area contributed by atoms with E-state index in [1.165, 1.54) is 0 Å². The lowest BCUT2D eigenvalue weighted by atomic mass is 10.1. The zero-order chi connectivity index (χ0) is 8.55. The second-order valence-electron chi connectivity index (χ2n) is 2.71. The Kier molecular flexibility index (Phi) is 1.60. The molecule has 0 aliphatic heterocycles. The summed E-state index contributed by atoms with van der Waals surface area (Å²) in [6.07, 6.45) is 1.14. The van der Waals surface area contributed by atoms with Crippen LogP contribution in [0.3, 0.4) is 0 Å². The second-order valence-corrected chi connectivity index (χ2v) is 2.71. The van der Waals surface area contributed by atoms with Gasteiger partial charge in [0.15, 0.2) is 0 Å². The molecule has 1 aromatic carbocycles. The fraction of sp³-hybridized carbons (Fsp3) is 0.111. The lowest BCUT2D eigenvalue weighted by Crippen LogP contribution is -2.19. The first-order valence-corrected chi connectivity index (χ1v) is 3.76. The van der Waals surface area contributed by atoms with Crippen LogP contribution >= 0.6 is 0 Å². The highest BCUT2D eigenvalue weighted by Crippen LogP contribution is 2.22. The number of fused-ring (bicyclic) bond motifs is 1. The third kappa shape index (κ3) is 0.995. The molecule has 1 heterocycles. The van der Waals surface area contributed by atoms with E-state index in [1.807, 2.05) is 24.3 Å². The minimum absolute atomic E-state index is 0.464. The van der Waals surface area contributed by atoms with Crippen molar-refractivity contribution < 1.29 is 4.42 Å². The van der Waals surface area contributed by atoms with E-state index in [-0.39, 0.29) is 0 Å². The van der Waals surface area contributed by atoms with Gasteiger partial charge in [-0.05, 0) is 6.07 Å². The highest BCUT2D eigenvalue weighted by atomic mass is 16.3. The zero-order valence-electron chi connectivity index (χ0n) is 6.53. The molecule has 3 nitrogen and oxygen atoms in total. The molecule has 62 valence electrons. The van der Waals surface area contributed by atoms with Crippen LogP contribution in [0.2, 0.25) is 0 Å². The topological polar surface area (TPSA) is 65.2 Å². The summed E-state index contributed by atoms with van der Waals surface area (Å²) in [5.74, 6) is 0. The number of hydrogen-bond acceptors (Lipinski definition) is 3. The lowest BCUT2D eigenvalue weighted by molar-refractivity contribution is 0.602. The summed E-state index contributed by atoms with van der Waals surface area (Å²) in [7, 11) is 0. The van der Waals surface area contributed by atoms with Crippen LogP contribution in [-0.2, 0) is 0 Å². The van der Waals surface area contributed by atoms with Crippen LogP contribution in [0.4, 0.5) is 0 Å². The quantitative estimate of drug-likeness (QED) is 0.622. The molecule has 0 bridgehead atoms. The Bertz CT molecular complexity index is 392. The third-order valence-electron chi connectivity index (χ3n) is 1.87. The number of furan rings is 1. The van der Waals surface area contributed by atoms with Gasteiger partial charge in [0.1, 0.15) is 5.58 Å². The number of benzene rings is 1. The summed E-state index contributed by atoms with van der Waals surface area (Å²) in [5.41, 5.74) is 12.8. The predicted molar refractivity (Wildman–Crippen MR) is 47.3 cm³/mol. The van der Waals surface area contributed by atoms with E-state index in [0.717, 1.165) is 16.5 Å². The Balaban J connectivity index is 2.70. The molecular formula is C9H10N2O. The fourth-order valence-corrected chi connectivity index (χ4v) is 1.26. The van der Waals surface area contributed by atoms with E-state index in [4.69, 9.17) is 15.9 Å². The van der Waals surface area contributed by atoms with Crippen LogP contribution in [0, 0.1) is 0 Å². The van der Waals surface area contributed by atoms with E-state index < -0.39 is 6.17 Å². The average molecular weight is 162 g/mol. The van der Waals surface area contributed by atoms with Gasteiger partial charge in [-0.1, -0.05) is 18.2 Å². The van der Waals surface area contributed by atoms with E-state index in [0.29, 0.717) is 0 Å². The van der Waals surface area contributed by atoms with Crippen LogP contribution in [0.5, 0.6) is 0 Å². The molecule has 1 aromatic heterocycles. The van der Waals surface area contributed by atoms with Crippen molar-refractivity contribution in [1.29, 1.82) is 0 Å². The first-order chi connectivity index (χ1) is 5.79. The van der Waals surface area contributed by atoms with E-state index >= 15 is 0 Å². The molecule has 0 aliphatic rings. The molecule has 4 N–H and O–H groups in total. The minimum Gasteiger partial charge on any atom is -0.464 e. The normalized spacial score (nSPS) is 11.2. The fourth-order valence-electron chi connectivity index (χ4n) is 1.26. The Morgan fingerprint density at radius 1 is 1.17 bits per heavy atom. The van der Waals surface area contributed by atoms with Gasteiger partial charge in [-0.3, -0.25) is 0 Å². The first-order valence-electron chi connectivity index (χ1n) is 3.76. The first kappa shape index (κ1) is 7.34. The maximum absolute atomic E-state index is 5.54. The van der Waals surface area contributed by atoms with Crippen molar-refractivity contribution in [3.63, 3.8) is 0 Å². The Hall–Kier alpha value is -1.32. The van der Waals surface area contributed by atoms with Crippen molar-refractivity contribution in [2.45, 2.75) is 6.17 Å². The Morgan fingerprint density at radius 2 is 1.92 bits per heavy atom. The smallest absolute Gasteiger partial charge is 0.134 e. The Morgan fingerprint density at radius 3 is 2.67 bits per heavy atom. The maximum atomic E-state index is 5.54. The minimum atomic E-state index is -0.464. The monoisotopic (exact) mass is 162 g/mol. The van der Waals surface area contributed by atoms with Crippen LogP contribution < -0.4 is 11.5 Å². The zero-order valence-corrected chi connectivity index (χ0v) is 6.53. The van der Waals surface area contributed by atoms with Gasteiger partial charge in [0, 0.05) is 10.9 Å². The van der Waals surface area contributed by atoms with E-state index in [1.54, 1.807) is 6.26 Å². The molecule has 0 unspecified atom stereocenters. The molecule has 3 heteroatoms. The van der Waals surface area contributed by atoms with E-state index in [2.05, 4.69) is 0 Å². The molecule has 0 saturated carbocycles. The van der Waals surface area contributed by atoms with Crippen molar-refractivity contribution >= 4 is 11.0 Å². The average Bonchev–Trinajstić information content (AvgIpc) is 2.47. The highest BCUT2D eigenvalue weighted by Gasteiger charge is 2.07. The van der Waals surface area contributed by atoms with Gasteiger partial charge in [0.25, 0.3) is 0 Å². The van der Waals surface area contributed by atoms with Crippen molar-refractivity contribution in [2.24, 2.45) is 11.5 Å². The molecular weight excluding hydrogens is 152 g/mol. The van der Waals surface area contributed by atoms with Gasteiger partial charge >= 0.3 is 0 Å². The lowest BCUT2D eigenvalue weighted by Gasteiger charge is -2.00. The van der Waals surface area contributed by atoms with Crippen LogP contribution in [0.1, 0.15) is 11.7 Å². The molecule has 0 fully saturated rings. The van der Waals surface area contributed by atoms with Gasteiger partial charge < -0.3 is 15.9 Å². The molecule has 12 heavy (non-hydrogen) atoms. The van der Waals surface area contributed by atoms with Crippen molar-refractivity contribution in [3.8, 4) is 0 Å². The Labute approximate surface area is 70.0 Å². The van der Waals surface area contributed by atoms with Crippen molar-refractivity contribution in [3.05, 3.63) is 36.1 Å². The molecule has 0 saturated heterocycles. The maximum Gasteiger partial charge on any atom is 0.134 e. The molecule has 0 amide bonds. The van der Waals surface area contributed by atoms with Gasteiger partial charge in [-0.25, -0.2) is 0 Å². The number of nitrogens with two attached hydrogens (primary N) is 2. The molecule has 0 aliphatic carbocycles. The summed E-state index contributed by atoms with van der Waals surface area (Å²) in [5, 5.41) is 0.993. The van der Waals surface area contributed by atoms with Gasteiger partial charge in [0.2, 0.25) is 0 Å². The van der Waals surface area contributed by atoms with Gasteiger partial charge in [0.05, 0.1) is 12.4 Å². The van der Waals surface area contributed by atoms with Gasteiger partial charge in [-0.15, -0.1) is 0 Å². The molecule has 2 aromatic rings. The highest BCUT2D eigenvalue weighted by molar-refractivity contribution is 5.81. The number of rotatable bonds is 1. The largest absolute Gasteiger partial charge is 0.464 e. The summed E-state index contributed by atoms with van der Waals surface area (Å²) >= 11 is 0. The SMILES string of the molecule is NC(N)c1coc2ccccc12. The molecule has 0 atom stereocenters. The van der Waals surface area contributed by atoms with Crippen LogP contribution in [-0.4, -0.2) is 0 Å².